The fraction of sp³-hybridized carbons (Fsp3) is 0.923. The lowest BCUT2D eigenvalue weighted by molar-refractivity contribution is -0.123. The highest BCUT2D eigenvalue weighted by atomic mass is 16.3. The summed E-state index contributed by atoms with van der Waals surface area (Å²) in [7, 11) is 1.88. The van der Waals surface area contributed by atoms with E-state index in [-0.39, 0.29) is 18.6 Å². The topological polar surface area (TPSA) is 52.6 Å². The summed E-state index contributed by atoms with van der Waals surface area (Å²) in [4.78, 5) is 13.8. The minimum atomic E-state index is 0.0426. The van der Waals surface area contributed by atoms with E-state index in [1.807, 2.05) is 18.9 Å². The summed E-state index contributed by atoms with van der Waals surface area (Å²) < 4.78 is 0. The number of nitrogens with zero attached hydrogens (tertiary/aromatic N) is 1. The number of hydrogen-bond acceptors (Lipinski definition) is 3. The standard InChI is InChI=1S/C13H24N2O2/c1-9(8-16)15(2)7-12(17)14-13(10-3-4-10)11-5-6-11/h9-11,13,16H,3-8H2,1-2H3,(H,14,17). The number of carbonyl (C=O) groups excluding carboxylic acids is 1. The number of aliphatic hydroxyl groups excluding tert-OH is 1. The van der Waals surface area contributed by atoms with Gasteiger partial charge in [0.25, 0.3) is 0 Å². The van der Waals surface area contributed by atoms with Gasteiger partial charge in [0.15, 0.2) is 0 Å². The van der Waals surface area contributed by atoms with E-state index in [4.69, 9.17) is 5.11 Å². The molecule has 2 N–H and O–H groups in total. The zero-order chi connectivity index (χ0) is 12.4. The van der Waals surface area contributed by atoms with Crippen molar-refractivity contribution in [3.63, 3.8) is 0 Å². The lowest BCUT2D eigenvalue weighted by Crippen LogP contribution is -2.45. The van der Waals surface area contributed by atoms with Crippen molar-refractivity contribution in [2.75, 3.05) is 20.2 Å². The van der Waals surface area contributed by atoms with Crippen LogP contribution in [-0.4, -0.2) is 48.2 Å². The Labute approximate surface area is 103 Å². The summed E-state index contributed by atoms with van der Waals surface area (Å²) in [5.41, 5.74) is 0. The van der Waals surface area contributed by atoms with Crippen LogP contribution in [0, 0.1) is 11.8 Å². The zero-order valence-electron chi connectivity index (χ0n) is 10.9. The van der Waals surface area contributed by atoms with Crippen LogP contribution < -0.4 is 5.32 Å². The minimum Gasteiger partial charge on any atom is -0.395 e. The van der Waals surface area contributed by atoms with Gasteiger partial charge in [0.1, 0.15) is 0 Å². The van der Waals surface area contributed by atoms with Crippen LogP contribution in [0.15, 0.2) is 0 Å². The second-order valence-electron chi connectivity index (χ2n) is 5.71. The van der Waals surface area contributed by atoms with E-state index in [9.17, 15) is 4.79 Å². The molecule has 2 saturated carbocycles. The molecule has 0 aromatic heterocycles. The largest absolute Gasteiger partial charge is 0.395 e. The molecule has 2 fully saturated rings. The van der Waals surface area contributed by atoms with Crippen LogP contribution in [0.25, 0.3) is 0 Å². The van der Waals surface area contributed by atoms with Crippen LogP contribution in [0.1, 0.15) is 32.6 Å². The second-order valence-corrected chi connectivity index (χ2v) is 5.71. The van der Waals surface area contributed by atoms with E-state index in [1.54, 1.807) is 0 Å². The van der Waals surface area contributed by atoms with Gasteiger partial charge in [-0.25, -0.2) is 0 Å². The fourth-order valence-electron chi connectivity index (χ4n) is 2.28. The molecule has 4 nitrogen and oxygen atoms in total. The Balaban J connectivity index is 1.75. The molecule has 0 aromatic rings. The Morgan fingerprint density at radius 1 is 1.35 bits per heavy atom. The molecule has 0 spiro atoms. The van der Waals surface area contributed by atoms with E-state index < -0.39 is 0 Å². The van der Waals surface area contributed by atoms with E-state index in [0.717, 1.165) is 11.8 Å². The van der Waals surface area contributed by atoms with Gasteiger partial charge in [-0.3, -0.25) is 9.69 Å². The Morgan fingerprint density at radius 2 is 1.88 bits per heavy atom. The SMILES string of the molecule is CC(CO)N(C)CC(=O)NC(C1CC1)C1CC1. The number of nitrogens with one attached hydrogen (secondary N) is 1. The van der Waals surface area contributed by atoms with Gasteiger partial charge in [0, 0.05) is 12.1 Å². The summed E-state index contributed by atoms with van der Waals surface area (Å²) in [6, 6.07) is 0.474. The molecule has 17 heavy (non-hydrogen) atoms. The first-order valence-electron chi connectivity index (χ1n) is 6.72. The molecule has 0 aromatic carbocycles. The average molecular weight is 240 g/mol. The Kier molecular flexibility index (Phi) is 4.05. The summed E-state index contributed by atoms with van der Waals surface area (Å²) in [6.45, 7) is 2.41. The quantitative estimate of drug-likeness (QED) is 0.685. The molecule has 1 amide bonds. The van der Waals surface area contributed by atoms with Crippen molar-refractivity contribution in [1.82, 2.24) is 10.2 Å². The first-order chi connectivity index (χ1) is 8.11. The summed E-state index contributed by atoms with van der Waals surface area (Å²) in [6.07, 6.45) is 5.13. The highest BCUT2D eigenvalue weighted by Crippen LogP contribution is 2.44. The average Bonchev–Trinajstić information content (AvgIpc) is 3.17. The van der Waals surface area contributed by atoms with E-state index in [0.29, 0.717) is 12.6 Å². The molecule has 1 atom stereocenters. The normalized spacial score (nSPS) is 21.9. The van der Waals surface area contributed by atoms with Crippen molar-refractivity contribution in [3.8, 4) is 0 Å². The van der Waals surface area contributed by atoms with Gasteiger partial charge in [-0.15, -0.1) is 0 Å². The van der Waals surface area contributed by atoms with E-state index in [2.05, 4.69) is 5.32 Å². The first kappa shape index (κ1) is 12.8. The number of amides is 1. The van der Waals surface area contributed by atoms with Crippen LogP contribution in [0.2, 0.25) is 0 Å². The summed E-state index contributed by atoms with van der Waals surface area (Å²) in [5.74, 6) is 1.59. The number of likely N-dealkylation sites (N-methyl/N-ethyl adjacent to an activating group) is 1. The lowest BCUT2D eigenvalue weighted by Gasteiger charge is -2.24. The van der Waals surface area contributed by atoms with Crippen molar-refractivity contribution in [2.24, 2.45) is 11.8 Å². The van der Waals surface area contributed by atoms with E-state index in [1.165, 1.54) is 25.7 Å². The molecule has 98 valence electrons. The van der Waals surface area contributed by atoms with Crippen LogP contribution in [0.3, 0.4) is 0 Å². The minimum absolute atomic E-state index is 0.0426. The maximum atomic E-state index is 11.9. The van der Waals surface area contributed by atoms with E-state index >= 15 is 0 Å². The van der Waals surface area contributed by atoms with Crippen molar-refractivity contribution in [3.05, 3.63) is 0 Å². The number of aliphatic hydroxyl groups is 1. The monoisotopic (exact) mass is 240 g/mol. The highest BCUT2D eigenvalue weighted by Gasteiger charge is 2.42. The lowest BCUT2D eigenvalue weighted by atomic mass is 10.1. The second kappa shape index (κ2) is 5.36. The van der Waals surface area contributed by atoms with Gasteiger partial charge in [0.2, 0.25) is 5.91 Å². The predicted octanol–water partition coefficient (Wildman–Crippen LogP) is 0.604. The number of carbonyl (C=O) groups is 1. The highest BCUT2D eigenvalue weighted by molar-refractivity contribution is 5.78. The van der Waals surface area contributed by atoms with Crippen molar-refractivity contribution < 1.29 is 9.90 Å². The van der Waals surface area contributed by atoms with Crippen LogP contribution in [0.4, 0.5) is 0 Å². The fourth-order valence-corrected chi connectivity index (χ4v) is 2.28. The summed E-state index contributed by atoms with van der Waals surface area (Å²) >= 11 is 0. The van der Waals surface area contributed by atoms with Gasteiger partial charge in [-0.2, -0.15) is 0 Å². The molecule has 1 unspecified atom stereocenters. The van der Waals surface area contributed by atoms with Crippen molar-refractivity contribution in [1.29, 1.82) is 0 Å². The van der Waals surface area contributed by atoms with Crippen LogP contribution in [0.5, 0.6) is 0 Å². The van der Waals surface area contributed by atoms with Crippen molar-refractivity contribution in [2.45, 2.75) is 44.7 Å². The molecule has 0 heterocycles. The molecule has 2 aliphatic rings. The maximum Gasteiger partial charge on any atom is 0.234 e. The zero-order valence-corrected chi connectivity index (χ0v) is 10.9. The van der Waals surface area contributed by atoms with Gasteiger partial charge >= 0.3 is 0 Å². The molecular weight excluding hydrogens is 216 g/mol. The number of rotatable bonds is 7. The Hall–Kier alpha value is -0.610. The molecule has 0 radical (unpaired) electrons. The third-order valence-electron chi connectivity index (χ3n) is 4.00. The first-order valence-corrected chi connectivity index (χ1v) is 6.72. The molecule has 0 aliphatic heterocycles. The van der Waals surface area contributed by atoms with Crippen LogP contribution >= 0.6 is 0 Å². The van der Waals surface area contributed by atoms with Crippen LogP contribution in [-0.2, 0) is 4.79 Å². The molecule has 2 aliphatic carbocycles. The maximum absolute atomic E-state index is 11.9. The molecule has 0 saturated heterocycles. The van der Waals surface area contributed by atoms with Crippen molar-refractivity contribution >= 4 is 5.91 Å². The molecule has 4 heteroatoms. The molecule has 0 bridgehead atoms. The van der Waals surface area contributed by atoms with Gasteiger partial charge in [-0.1, -0.05) is 0 Å². The Bertz CT molecular complexity index is 263. The molecule has 2 rings (SSSR count). The third-order valence-corrected chi connectivity index (χ3v) is 4.00. The van der Waals surface area contributed by atoms with Gasteiger partial charge in [-0.05, 0) is 51.5 Å². The number of hydrogen-bond donors (Lipinski definition) is 2. The van der Waals surface area contributed by atoms with Gasteiger partial charge in [0.05, 0.1) is 13.2 Å². The molecular formula is C13H24N2O2. The predicted molar refractivity (Wildman–Crippen MR) is 66.6 cm³/mol. The third kappa shape index (κ3) is 3.68. The summed E-state index contributed by atoms with van der Waals surface area (Å²) in [5, 5.41) is 12.2. The van der Waals surface area contributed by atoms with Gasteiger partial charge < -0.3 is 10.4 Å². The Morgan fingerprint density at radius 3 is 2.29 bits per heavy atom. The smallest absolute Gasteiger partial charge is 0.234 e.